The van der Waals surface area contributed by atoms with Crippen molar-refractivity contribution < 1.29 is 4.74 Å². The zero-order valence-corrected chi connectivity index (χ0v) is 16.0. The highest BCUT2D eigenvalue weighted by molar-refractivity contribution is 7.25. The van der Waals surface area contributed by atoms with Gasteiger partial charge in [-0.2, -0.15) is 0 Å². The lowest BCUT2D eigenvalue weighted by Crippen LogP contribution is -2.17. The number of benzene rings is 1. The van der Waals surface area contributed by atoms with E-state index in [1.54, 1.807) is 37.8 Å². The molecule has 1 N–H and O–H groups in total. The second-order valence-corrected chi connectivity index (χ2v) is 7.88. The van der Waals surface area contributed by atoms with Crippen LogP contribution in [0, 0.1) is 0 Å². The van der Waals surface area contributed by atoms with Gasteiger partial charge in [0.05, 0.1) is 28.7 Å². The van der Waals surface area contributed by atoms with Gasteiger partial charge in [-0.25, -0.2) is 9.97 Å². The van der Waals surface area contributed by atoms with Crippen LogP contribution in [0.1, 0.15) is 12.8 Å². The van der Waals surface area contributed by atoms with Gasteiger partial charge in [0.2, 0.25) is 0 Å². The standard InChI is InChI=1S/C19H15ClN4O2S/c1-26-14-5-4-11(8-12(14)20)24-9-22-16-15-13(23-10-2-3-10)6-7-21-18(15)27-17(16)19(24)25/h4-10H,2-3H2,1H3,(H,21,23). The van der Waals surface area contributed by atoms with E-state index in [0.29, 0.717) is 32.7 Å². The zero-order chi connectivity index (χ0) is 18.5. The van der Waals surface area contributed by atoms with Gasteiger partial charge >= 0.3 is 0 Å². The Morgan fingerprint density at radius 2 is 2.15 bits per heavy atom. The highest BCUT2D eigenvalue weighted by Crippen LogP contribution is 2.36. The Hall–Kier alpha value is -2.64. The van der Waals surface area contributed by atoms with Crippen LogP contribution in [0.25, 0.3) is 26.1 Å². The molecule has 1 aliphatic rings. The molecule has 1 saturated carbocycles. The van der Waals surface area contributed by atoms with E-state index in [0.717, 1.165) is 15.9 Å². The second-order valence-electron chi connectivity index (χ2n) is 6.48. The molecule has 1 aromatic carbocycles. The molecule has 0 radical (unpaired) electrons. The Balaban J connectivity index is 1.71. The predicted octanol–water partition coefficient (Wildman–Crippen LogP) is 4.23. The lowest BCUT2D eigenvalue weighted by atomic mass is 10.2. The molecule has 27 heavy (non-hydrogen) atoms. The maximum Gasteiger partial charge on any atom is 0.275 e. The quantitative estimate of drug-likeness (QED) is 0.557. The molecule has 3 heterocycles. The first-order chi connectivity index (χ1) is 13.2. The molecule has 136 valence electrons. The minimum Gasteiger partial charge on any atom is -0.495 e. The van der Waals surface area contributed by atoms with E-state index in [-0.39, 0.29) is 5.56 Å². The van der Waals surface area contributed by atoms with Gasteiger partial charge in [0, 0.05) is 17.9 Å². The average molecular weight is 399 g/mol. The van der Waals surface area contributed by atoms with Gasteiger partial charge in [-0.15, -0.1) is 11.3 Å². The van der Waals surface area contributed by atoms with Crippen molar-refractivity contribution in [2.45, 2.75) is 18.9 Å². The molecule has 5 rings (SSSR count). The fraction of sp³-hybridized carbons (Fsp3) is 0.211. The summed E-state index contributed by atoms with van der Waals surface area (Å²) in [5.41, 5.74) is 2.18. The summed E-state index contributed by atoms with van der Waals surface area (Å²) < 4.78 is 7.26. The van der Waals surface area contributed by atoms with E-state index in [9.17, 15) is 4.79 Å². The third-order valence-corrected chi connectivity index (χ3v) is 6.00. The summed E-state index contributed by atoms with van der Waals surface area (Å²) in [6, 6.07) is 7.67. The first kappa shape index (κ1) is 16.5. The molecule has 0 atom stereocenters. The van der Waals surface area contributed by atoms with Crippen molar-refractivity contribution >= 4 is 49.1 Å². The topological polar surface area (TPSA) is 69.0 Å². The van der Waals surface area contributed by atoms with Crippen molar-refractivity contribution in [1.82, 2.24) is 14.5 Å². The predicted molar refractivity (Wildman–Crippen MR) is 109 cm³/mol. The van der Waals surface area contributed by atoms with Crippen LogP contribution in [0.4, 0.5) is 5.69 Å². The summed E-state index contributed by atoms with van der Waals surface area (Å²) in [7, 11) is 1.55. The number of rotatable bonds is 4. The van der Waals surface area contributed by atoms with E-state index >= 15 is 0 Å². The van der Waals surface area contributed by atoms with Crippen LogP contribution in [0.2, 0.25) is 5.02 Å². The first-order valence-corrected chi connectivity index (χ1v) is 9.74. The van der Waals surface area contributed by atoms with Crippen LogP contribution in [-0.4, -0.2) is 27.7 Å². The minimum absolute atomic E-state index is 0.137. The van der Waals surface area contributed by atoms with Crippen LogP contribution >= 0.6 is 22.9 Å². The van der Waals surface area contributed by atoms with E-state index in [1.807, 2.05) is 6.07 Å². The van der Waals surface area contributed by atoms with Gasteiger partial charge in [-0.05, 0) is 37.1 Å². The fourth-order valence-corrected chi connectivity index (χ4v) is 4.41. The molecule has 0 spiro atoms. The average Bonchev–Trinajstić information content (AvgIpc) is 3.39. The summed E-state index contributed by atoms with van der Waals surface area (Å²) in [6.07, 6.45) is 5.65. The van der Waals surface area contributed by atoms with Crippen molar-refractivity contribution in [2.24, 2.45) is 0 Å². The maximum absolute atomic E-state index is 13.1. The molecule has 0 saturated heterocycles. The highest BCUT2D eigenvalue weighted by Gasteiger charge is 2.23. The number of aromatic nitrogens is 3. The Kier molecular flexibility index (Phi) is 3.80. The molecule has 8 heteroatoms. The molecule has 3 aromatic heterocycles. The van der Waals surface area contributed by atoms with Gasteiger partial charge in [0.25, 0.3) is 5.56 Å². The Morgan fingerprint density at radius 3 is 2.89 bits per heavy atom. The number of fused-ring (bicyclic) bond motifs is 3. The van der Waals surface area contributed by atoms with Crippen molar-refractivity contribution in [3.63, 3.8) is 0 Å². The van der Waals surface area contributed by atoms with Crippen LogP contribution in [0.3, 0.4) is 0 Å². The number of hydrogen-bond acceptors (Lipinski definition) is 6. The van der Waals surface area contributed by atoms with Gasteiger partial charge in [0.15, 0.2) is 0 Å². The molecule has 1 aliphatic carbocycles. The number of pyridine rings is 1. The summed E-state index contributed by atoms with van der Waals surface area (Å²) in [5, 5.41) is 4.87. The Labute approximate surface area is 163 Å². The second kappa shape index (κ2) is 6.21. The first-order valence-electron chi connectivity index (χ1n) is 8.55. The van der Waals surface area contributed by atoms with Crippen molar-refractivity contribution in [1.29, 1.82) is 0 Å². The third kappa shape index (κ3) is 2.74. The van der Waals surface area contributed by atoms with Crippen molar-refractivity contribution in [3.8, 4) is 11.4 Å². The number of ether oxygens (including phenoxy) is 1. The molecular formula is C19H15ClN4O2S. The fourth-order valence-electron chi connectivity index (χ4n) is 3.11. The molecule has 0 amide bonds. The van der Waals surface area contributed by atoms with Gasteiger partial charge < -0.3 is 10.1 Å². The van der Waals surface area contributed by atoms with Crippen LogP contribution in [-0.2, 0) is 0 Å². The minimum atomic E-state index is -0.137. The van der Waals surface area contributed by atoms with Crippen LogP contribution in [0.15, 0.2) is 41.6 Å². The van der Waals surface area contributed by atoms with E-state index in [1.165, 1.54) is 28.7 Å². The molecule has 6 nitrogen and oxygen atoms in total. The van der Waals surface area contributed by atoms with Crippen LogP contribution in [0.5, 0.6) is 5.75 Å². The van der Waals surface area contributed by atoms with Crippen LogP contribution < -0.4 is 15.6 Å². The van der Waals surface area contributed by atoms with Gasteiger partial charge in [-0.1, -0.05) is 11.6 Å². The number of anilines is 1. The third-order valence-electron chi connectivity index (χ3n) is 4.63. The zero-order valence-electron chi connectivity index (χ0n) is 14.4. The molecule has 1 fully saturated rings. The van der Waals surface area contributed by atoms with E-state index in [2.05, 4.69) is 15.3 Å². The largest absolute Gasteiger partial charge is 0.495 e. The number of nitrogens with one attached hydrogen (secondary N) is 1. The number of hydrogen-bond donors (Lipinski definition) is 1. The van der Waals surface area contributed by atoms with Crippen molar-refractivity contribution in [3.05, 3.63) is 52.2 Å². The van der Waals surface area contributed by atoms with Crippen molar-refractivity contribution in [2.75, 3.05) is 12.4 Å². The number of halogens is 1. The molecule has 0 bridgehead atoms. The molecule has 4 aromatic rings. The molecule has 0 aliphatic heterocycles. The monoisotopic (exact) mass is 398 g/mol. The van der Waals surface area contributed by atoms with Gasteiger partial charge in [0.1, 0.15) is 21.6 Å². The van der Waals surface area contributed by atoms with E-state index < -0.39 is 0 Å². The lowest BCUT2D eigenvalue weighted by Gasteiger charge is -2.08. The molecule has 0 unspecified atom stereocenters. The lowest BCUT2D eigenvalue weighted by molar-refractivity contribution is 0.415. The number of thiophene rings is 1. The smallest absolute Gasteiger partial charge is 0.275 e. The number of nitrogens with zero attached hydrogens (tertiary/aromatic N) is 3. The summed E-state index contributed by atoms with van der Waals surface area (Å²) in [6.45, 7) is 0. The summed E-state index contributed by atoms with van der Waals surface area (Å²) in [4.78, 5) is 23.0. The highest BCUT2D eigenvalue weighted by atomic mass is 35.5. The summed E-state index contributed by atoms with van der Waals surface area (Å²) in [5.74, 6) is 0.560. The summed E-state index contributed by atoms with van der Waals surface area (Å²) >= 11 is 7.58. The molecular weight excluding hydrogens is 384 g/mol. The maximum atomic E-state index is 13.1. The van der Waals surface area contributed by atoms with E-state index in [4.69, 9.17) is 16.3 Å². The Morgan fingerprint density at radius 1 is 1.30 bits per heavy atom. The number of methoxy groups -OCH3 is 1. The Bertz CT molecular complexity index is 1250. The SMILES string of the molecule is COc1ccc(-n2cnc3c(sc4nccc(NC5CC5)c43)c2=O)cc1Cl. The van der Waals surface area contributed by atoms with Gasteiger partial charge in [-0.3, -0.25) is 9.36 Å². The normalized spacial score (nSPS) is 14.0.